The van der Waals surface area contributed by atoms with E-state index in [0.717, 1.165) is 25.1 Å². The minimum Gasteiger partial charge on any atom is -0.391 e. The number of aromatic amines is 1. The van der Waals surface area contributed by atoms with Gasteiger partial charge in [0.05, 0.1) is 6.10 Å². The van der Waals surface area contributed by atoms with Crippen molar-refractivity contribution in [2.45, 2.75) is 23.8 Å². The predicted octanol–water partition coefficient (Wildman–Crippen LogP) is -0.576. The van der Waals surface area contributed by atoms with Crippen molar-refractivity contribution in [1.82, 2.24) is 9.71 Å². The van der Waals surface area contributed by atoms with Crippen LogP contribution in [0.1, 0.15) is 12.8 Å². The molecule has 0 aliphatic heterocycles. The van der Waals surface area contributed by atoms with E-state index >= 15 is 0 Å². The van der Waals surface area contributed by atoms with Gasteiger partial charge >= 0.3 is 0 Å². The van der Waals surface area contributed by atoms with Gasteiger partial charge in [0.1, 0.15) is 4.90 Å². The van der Waals surface area contributed by atoms with E-state index in [2.05, 4.69) is 9.71 Å². The van der Waals surface area contributed by atoms with Crippen LogP contribution in [-0.4, -0.2) is 31.2 Å². The first-order valence-corrected chi connectivity index (χ1v) is 6.84. The summed E-state index contributed by atoms with van der Waals surface area (Å²) in [7, 11) is -3.85. The third-order valence-corrected chi connectivity index (χ3v) is 4.17. The molecule has 1 saturated carbocycles. The summed E-state index contributed by atoms with van der Waals surface area (Å²) in [6.07, 6.45) is 3.67. The van der Waals surface area contributed by atoms with E-state index in [1.165, 1.54) is 6.20 Å². The Morgan fingerprint density at radius 2 is 2.24 bits per heavy atom. The second-order valence-electron chi connectivity index (χ2n) is 4.13. The van der Waals surface area contributed by atoms with Crippen LogP contribution in [-0.2, 0) is 10.0 Å². The van der Waals surface area contributed by atoms with Gasteiger partial charge in [-0.3, -0.25) is 4.79 Å². The smallest absolute Gasteiger partial charge is 0.246 e. The fourth-order valence-corrected chi connectivity index (χ4v) is 2.63. The summed E-state index contributed by atoms with van der Waals surface area (Å²) in [5.74, 6) is 0.187. The number of aliphatic hydroxyl groups is 1. The highest BCUT2D eigenvalue weighted by Gasteiger charge is 2.30. The topological polar surface area (TPSA) is 99.3 Å². The van der Waals surface area contributed by atoms with Crippen molar-refractivity contribution in [1.29, 1.82) is 0 Å². The molecule has 1 aliphatic carbocycles. The summed E-state index contributed by atoms with van der Waals surface area (Å²) < 4.78 is 25.8. The average Bonchev–Trinajstić information content (AvgIpc) is 3.10. The zero-order chi connectivity index (χ0) is 12.5. The molecule has 1 fully saturated rings. The lowest BCUT2D eigenvalue weighted by Crippen LogP contribution is -2.35. The Bertz CT molecular complexity index is 547. The molecule has 0 amide bonds. The lowest BCUT2D eigenvalue weighted by Gasteiger charge is -2.10. The Balaban J connectivity index is 2.08. The number of hydrogen-bond acceptors (Lipinski definition) is 4. The van der Waals surface area contributed by atoms with Crippen LogP contribution in [0.15, 0.2) is 28.2 Å². The monoisotopic (exact) mass is 258 g/mol. The van der Waals surface area contributed by atoms with Gasteiger partial charge in [0.15, 0.2) is 0 Å². The lowest BCUT2D eigenvalue weighted by atomic mass is 10.2. The van der Waals surface area contributed by atoms with Gasteiger partial charge in [-0.15, -0.1) is 0 Å². The fraction of sp³-hybridized carbons (Fsp3) is 0.500. The second kappa shape index (κ2) is 4.59. The minimum atomic E-state index is -3.85. The Morgan fingerprint density at radius 3 is 2.82 bits per heavy atom. The molecule has 1 heterocycles. The summed E-state index contributed by atoms with van der Waals surface area (Å²) >= 11 is 0. The van der Waals surface area contributed by atoms with E-state index < -0.39 is 21.6 Å². The SMILES string of the molecule is O=c1cc[nH]cc1S(=O)(=O)NCC(O)C1CC1. The van der Waals surface area contributed by atoms with Crippen molar-refractivity contribution in [2.75, 3.05) is 6.54 Å². The molecule has 0 radical (unpaired) electrons. The molecule has 94 valence electrons. The molecule has 3 N–H and O–H groups in total. The lowest BCUT2D eigenvalue weighted by molar-refractivity contribution is 0.155. The van der Waals surface area contributed by atoms with E-state index in [4.69, 9.17) is 0 Å². The number of aromatic nitrogens is 1. The van der Waals surface area contributed by atoms with Gasteiger partial charge in [0.25, 0.3) is 0 Å². The van der Waals surface area contributed by atoms with Crippen LogP contribution < -0.4 is 10.2 Å². The molecule has 0 bridgehead atoms. The van der Waals surface area contributed by atoms with Crippen LogP contribution in [0.3, 0.4) is 0 Å². The normalized spacial score (nSPS) is 17.9. The van der Waals surface area contributed by atoms with E-state index in [1.54, 1.807) is 0 Å². The van der Waals surface area contributed by atoms with Crippen molar-refractivity contribution >= 4 is 10.0 Å². The molecule has 6 nitrogen and oxygen atoms in total. The highest BCUT2D eigenvalue weighted by molar-refractivity contribution is 7.89. The maximum Gasteiger partial charge on any atom is 0.246 e. The summed E-state index contributed by atoms with van der Waals surface area (Å²) in [4.78, 5) is 13.6. The van der Waals surface area contributed by atoms with Gasteiger partial charge in [-0.1, -0.05) is 0 Å². The molecule has 0 spiro atoms. The van der Waals surface area contributed by atoms with Crippen LogP contribution in [0.2, 0.25) is 0 Å². The highest BCUT2D eigenvalue weighted by atomic mass is 32.2. The fourth-order valence-electron chi connectivity index (χ4n) is 1.53. The van der Waals surface area contributed by atoms with E-state index in [1.807, 2.05) is 0 Å². The molecule has 1 aromatic rings. The van der Waals surface area contributed by atoms with Crippen LogP contribution >= 0.6 is 0 Å². The number of sulfonamides is 1. The molecule has 0 saturated heterocycles. The number of hydrogen-bond donors (Lipinski definition) is 3. The van der Waals surface area contributed by atoms with Crippen molar-refractivity contribution in [3.8, 4) is 0 Å². The molecule has 17 heavy (non-hydrogen) atoms. The van der Waals surface area contributed by atoms with Gasteiger partial charge in [-0.2, -0.15) is 0 Å². The molecular weight excluding hydrogens is 244 g/mol. The van der Waals surface area contributed by atoms with E-state index in [9.17, 15) is 18.3 Å². The highest BCUT2D eigenvalue weighted by Crippen LogP contribution is 2.32. The Hall–Kier alpha value is -1.18. The van der Waals surface area contributed by atoms with Crippen molar-refractivity contribution in [3.05, 3.63) is 28.7 Å². The first-order valence-electron chi connectivity index (χ1n) is 5.35. The third kappa shape index (κ3) is 2.93. The molecule has 1 atom stereocenters. The molecule has 1 aromatic heterocycles. The Morgan fingerprint density at radius 1 is 1.53 bits per heavy atom. The van der Waals surface area contributed by atoms with Crippen molar-refractivity contribution in [3.63, 3.8) is 0 Å². The van der Waals surface area contributed by atoms with Gasteiger partial charge in [0.2, 0.25) is 15.5 Å². The number of H-pyrrole nitrogens is 1. The molecule has 2 rings (SSSR count). The summed E-state index contributed by atoms with van der Waals surface area (Å²) in [5, 5.41) is 9.56. The Kier molecular flexibility index (Phi) is 3.32. The molecular formula is C10H14N2O4S. The van der Waals surface area contributed by atoms with E-state index in [0.29, 0.717) is 0 Å². The van der Waals surface area contributed by atoms with Crippen molar-refractivity contribution < 1.29 is 13.5 Å². The number of aliphatic hydroxyl groups excluding tert-OH is 1. The van der Waals surface area contributed by atoms with Gasteiger partial charge in [-0.25, -0.2) is 13.1 Å². The van der Waals surface area contributed by atoms with Crippen molar-refractivity contribution in [2.24, 2.45) is 5.92 Å². The van der Waals surface area contributed by atoms with Crippen LogP contribution in [0, 0.1) is 5.92 Å². The number of nitrogens with one attached hydrogen (secondary N) is 2. The second-order valence-corrected chi connectivity index (χ2v) is 5.86. The standard InChI is InChI=1S/C10H14N2O4S/c13-8-3-4-11-6-10(8)17(15,16)12-5-9(14)7-1-2-7/h3-4,6-7,9,12,14H,1-2,5H2,(H,11,13). The van der Waals surface area contributed by atoms with Gasteiger partial charge in [-0.05, 0) is 18.8 Å². The molecule has 7 heteroatoms. The van der Waals surface area contributed by atoms with Crippen LogP contribution in [0.25, 0.3) is 0 Å². The molecule has 1 aliphatic rings. The van der Waals surface area contributed by atoms with Gasteiger partial charge in [0, 0.05) is 25.0 Å². The number of pyridine rings is 1. The summed E-state index contributed by atoms with van der Waals surface area (Å²) in [6, 6.07) is 1.14. The van der Waals surface area contributed by atoms with Crippen LogP contribution in [0.5, 0.6) is 0 Å². The van der Waals surface area contributed by atoms with Crippen LogP contribution in [0.4, 0.5) is 0 Å². The quantitative estimate of drug-likeness (QED) is 0.658. The zero-order valence-corrected chi connectivity index (χ0v) is 9.90. The minimum absolute atomic E-state index is 0.0542. The maximum absolute atomic E-state index is 11.8. The Labute approximate surface area is 98.7 Å². The first kappa shape index (κ1) is 12.3. The largest absolute Gasteiger partial charge is 0.391 e. The van der Waals surface area contributed by atoms with E-state index in [-0.39, 0.29) is 17.4 Å². The number of rotatable bonds is 5. The molecule has 1 unspecified atom stereocenters. The first-order chi connectivity index (χ1) is 8.00. The maximum atomic E-state index is 11.8. The summed E-state index contributed by atoms with van der Waals surface area (Å²) in [6.45, 7) is -0.0542. The zero-order valence-electron chi connectivity index (χ0n) is 9.09. The van der Waals surface area contributed by atoms with Gasteiger partial charge < -0.3 is 10.1 Å². The average molecular weight is 258 g/mol. The molecule has 0 aromatic carbocycles. The summed E-state index contributed by atoms with van der Waals surface area (Å²) in [5.41, 5.74) is -0.572. The predicted molar refractivity (Wildman–Crippen MR) is 61.0 cm³/mol. The third-order valence-electron chi connectivity index (χ3n) is 2.73.